The van der Waals surface area contributed by atoms with Crippen LogP contribution in [-0.4, -0.2) is 23.9 Å². The smallest absolute Gasteiger partial charge is 0.222 e. The first kappa shape index (κ1) is 12.3. The average molecular weight is 209 g/mol. The van der Waals surface area contributed by atoms with Crippen molar-refractivity contribution in [2.24, 2.45) is 11.8 Å². The molecule has 0 N–H and O–H groups in total. The molecule has 1 rings (SSSR count). The molecule has 2 heteroatoms. The lowest BCUT2D eigenvalue weighted by Crippen LogP contribution is -2.39. The van der Waals surface area contributed by atoms with Gasteiger partial charge in [-0.05, 0) is 31.6 Å². The molecule has 0 aromatic carbocycles. The van der Waals surface area contributed by atoms with Crippen LogP contribution in [0.4, 0.5) is 0 Å². The number of nitrogens with zero attached hydrogens (tertiary/aromatic N) is 1. The summed E-state index contributed by atoms with van der Waals surface area (Å²) < 4.78 is 0. The Balaban J connectivity index is 2.37. The van der Waals surface area contributed by atoms with Crippen molar-refractivity contribution in [2.75, 3.05) is 13.1 Å². The minimum atomic E-state index is 0.324. The molecule has 0 spiro atoms. The van der Waals surface area contributed by atoms with E-state index >= 15 is 0 Å². The van der Waals surface area contributed by atoms with E-state index in [0.29, 0.717) is 24.2 Å². The molecule has 1 amide bonds. The van der Waals surface area contributed by atoms with Gasteiger partial charge in [0.25, 0.3) is 0 Å². The van der Waals surface area contributed by atoms with Gasteiger partial charge >= 0.3 is 0 Å². The van der Waals surface area contributed by atoms with Crippen molar-refractivity contribution in [1.82, 2.24) is 4.90 Å². The number of carbonyl (C=O) groups is 1. The maximum absolute atomic E-state index is 11.8. The first-order chi connectivity index (χ1) is 7.00. The highest BCUT2D eigenvalue weighted by Gasteiger charge is 2.22. The molecule has 2 nitrogen and oxygen atoms in total. The summed E-state index contributed by atoms with van der Waals surface area (Å²) in [5, 5.41) is 0. The van der Waals surface area contributed by atoms with E-state index in [-0.39, 0.29) is 0 Å². The van der Waals surface area contributed by atoms with E-state index in [1.165, 1.54) is 5.57 Å². The van der Waals surface area contributed by atoms with E-state index in [1.807, 2.05) is 4.90 Å². The van der Waals surface area contributed by atoms with Gasteiger partial charge in [0.1, 0.15) is 0 Å². The topological polar surface area (TPSA) is 20.3 Å². The third kappa shape index (κ3) is 3.69. The number of likely N-dealkylation sites (tertiary alicyclic amines) is 1. The maximum atomic E-state index is 11.8. The summed E-state index contributed by atoms with van der Waals surface area (Å²) in [4.78, 5) is 13.8. The van der Waals surface area contributed by atoms with E-state index in [0.717, 1.165) is 25.9 Å². The zero-order valence-electron chi connectivity index (χ0n) is 10.3. The summed E-state index contributed by atoms with van der Waals surface area (Å²) in [6.07, 6.45) is 2.88. The SMILES string of the molecule is C=C(C)C1CCN(C(=O)CC(C)C)CC1. The number of carbonyl (C=O) groups excluding carboxylic acids is 1. The molecular weight excluding hydrogens is 186 g/mol. The predicted octanol–water partition coefficient (Wildman–Crippen LogP) is 2.85. The average Bonchev–Trinajstić information content (AvgIpc) is 2.17. The van der Waals surface area contributed by atoms with Crippen LogP contribution >= 0.6 is 0 Å². The van der Waals surface area contributed by atoms with Crippen molar-refractivity contribution in [1.29, 1.82) is 0 Å². The van der Waals surface area contributed by atoms with Crippen LogP contribution in [0.2, 0.25) is 0 Å². The summed E-state index contributed by atoms with van der Waals surface area (Å²) in [5.41, 5.74) is 1.27. The number of hydrogen-bond acceptors (Lipinski definition) is 1. The minimum Gasteiger partial charge on any atom is -0.343 e. The van der Waals surface area contributed by atoms with Crippen LogP contribution < -0.4 is 0 Å². The van der Waals surface area contributed by atoms with Gasteiger partial charge in [0.2, 0.25) is 5.91 Å². The van der Waals surface area contributed by atoms with Gasteiger partial charge in [0.15, 0.2) is 0 Å². The van der Waals surface area contributed by atoms with Crippen molar-refractivity contribution >= 4 is 5.91 Å². The number of allylic oxidation sites excluding steroid dienone is 1. The summed E-state index contributed by atoms with van der Waals surface area (Å²) in [7, 11) is 0. The molecule has 1 saturated heterocycles. The molecule has 0 aromatic heterocycles. The molecule has 1 aliphatic rings. The third-order valence-corrected chi connectivity index (χ3v) is 3.13. The first-order valence-corrected chi connectivity index (χ1v) is 5.94. The molecule has 0 unspecified atom stereocenters. The number of rotatable bonds is 3. The fourth-order valence-electron chi connectivity index (χ4n) is 2.10. The number of hydrogen-bond donors (Lipinski definition) is 0. The van der Waals surface area contributed by atoms with Gasteiger partial charge in [-0.1, -0.05) is 26.0 Å². The molecule has 1 heterocycles. The van der Waals surface area contributed by atoms with Gasteiger partial charge in [-0.3, -0.25) is 4.79 Å². The fraction of sp³-hybridized carbons (Fsp3) is 0.769. The second kappa shape index (κ2) is 5.34. The highest BCUT2D eigenvalue weighted by molar-refractivity contribution is 5.76. The van der Waals surface area contributed by atoms with Gasteiger partial charge in [-0.25, -0.2) is 0 Å². The number of amides is 1. The lowest BCUT2D eigenvalue weighted by molar-refractivity contribution is -0.133. The van der Waals surface area contributed by atoms with Crippen LogP contribution in [0.15, 0.2) is 12.2 Å². The highest BCUT2D eigenvalue weighted by Crippen LogP contribution is 2.23. The normalized spacial score (nSPS) is 18.3. The number of piperidine rings is 1. The van der Waals surface area contributed by atoms with Gasteiger partial charge in [-0.15, -0.1) is 0 Å². The van der Waals surface area contributed by atoms with Crippen molar-refractivity contribution in [3.8, 4) is 0 Å². The zero-order valence-corrected chi connectivity index (χ0v) is 10.3. The minimum absolute atomic E-state index is 0.324. The lowest BCUT2D eigenvalue weighted by atomic mass is 9.91. The Bertz CT molecular complexity index is 237. The second-order valence-corrected chi connectivity index (χ2v) is 5.10. The van der Waals surface area contributed by atoms with E-state index in [4.69, 9.17) is 0 Å². The standard InChI is InChI=1S/C13H23NO/c1-10(2)9-13(15)14-7-5-12(6-8-14)11(3)4/h10,12H,3,5-9H2,1-2,4H3. The largest absolute Gasteiger partial charge is 0.343 e. The van der Waals surface area contributed by atoms with Crippen molar-refractivity contribution in [2.45, 2.75) is 40.0 Å². The van der Waals surface area contributed by atoms with Gasteiger partial charge in [0, 0.05) is 19.5 Å². The van der Waals surface area contributed by atoms with E-state index in [2.05, 4.69) is 27.4 Å². The van der Waals surface area contributed by atoms with Crippen molar-refractivity contribution in [3.63, 3.8) is 0 Å². The highest BCUT2D eigenvalue weighted by atomic mass is 16.2. The Morgan fingerprint density at radius 1 is 1.40 bits per heavy atom. The molecule has 0 bridgehead atoms. The Kier molecular flexibility index (Phi) is 4.37. The van der Waals surface area contributed by atoms with Gasteiger partial charge in [-0.2, -0.15) is 0 Å². The molecule has 86 valence electrons. The first-order valence-electron chi connectivity index (χ1n) is 5.94. The summed E-state index contributed by atoms with van der Waals surface area (Å²) in [5.74, 6) is 1.43. The molecule has 0 radical (unpaired) electrons. The van der Waals surface area contributed by atoms with E-state index in [9.17, 15) is 4.79 Å². The fourth-order valence-corrected chi connectivity index (χ4v) is 2.10. The predicted molar refractivity (Wildman–Crippen MR) is 63.6 cm³/mol. The van der Waals surface area contributed by atoms with Gasteiger partial charge in [0.05, 0.1) is 0 Å². The lowest BCUT2D eigenvalue weighted by Gasteiger charge is -2.32. The Morgan fingerprint density at radius 2 is 1.93 bits per heavy atom. The summed E-state index contributed by atoms with van der Waals surface area (Å²) in [6.45, 7) is 12.1. The Morgan fingerprint density at radius 3 is 2.33 bits per heavy atom. The molecule has 0 aliphatic carbocycles. The third-order valence-electron chi connectivity index (χ3n) is 3.13. The van der Waals surface area contributed by atoms with E-state index in [1.54, 1.807) is 0 Å². The molecule has 15 heavy (non-hydrogen) atoms. The van der Waals surface area contributed by atoms with Crippen molar-refractivity contribution < 1.29 is 4.79 Å². The Hall–Kier alpha value is -0.790. The van der Waals surface area contributed by atoms with Gasteiger partial charge < -0.3 is 4.90 Å². The monoisotopic (exact) mass is 209 g/mol. The van der Waals surface area contributed by atoms with E-state index < -0.39 is 0 Å². The van der Waals surface area contributed by atoms with Crippen LogP contribution in [0.5, 0.6) is 0 Å². The molecular formula is C13H23NO. The van der Waals surface area contributed by atoms with Crippen LogP contribution in [0.3, 0.4) is 0 Å². The zero-order chi connectivity index (χ0) is 11.4. The molecule has 1 fully saturated rings. The molecule has 0 atom stereocenters. The quantitative estimate of drug-likeness (QED) is 0.654. The molecule has 0 saturated carbocycles. The van der Waals surface area contributed by atoms with Crippen LogP contribution in [0.1, 0.15) is 40.0 Å². The van der Waals surface area contributed by atoms with Crippen molar-refractivity contribution in [3.05, 3.63) is 12.2 Å². The second-order valence-electron chi connectivity index (χ2n) is 5.10. The van der Waals surface area contributed by atoms with Crippen LogP contribution in [-0.2, 0) is 4.79 Å². The molecule has 1 aliphatic heterocycles. The van der Waals surface area contributed by atoms with Crippen LogP contribution in [0.25, 0.3) is 0 Å². The van der Waals surface area contributed by atoms with Crippen LogP contribution in [0, 0.1) is 11.8 Å². The summed E-state index contributed by atoms with van der Waals surface area (Å²) in [6, 6.07) is 0. The molecule has 0 aromatic rings. The maximum Gasteiger partial charge on any atom is 0.222 e. The summed E-state index contributed by atoms with van der Waals surface area (Å²) >= 11 is 0. The Labute approximate surface area is 93.3 Å².